The fourth-order valence-electron chi connectivity index (χ4n) is 1.93. The molecule has 0 radical (unpaired) electrons. The number of rotatable bonds is 6. The lowest BCUT2D eigenvalue weighted by atomic mass is 10.2. The summed E-state index contributed by atoms with van der Waals surface area (Å²) in [6.45, 7) is 2.53. The van der Waals surface area contributed by atoms with E-state index in [0.29, 0.717) is 33.7 Å². The molecule has 0 spiro atoms. The molecule has 0 saturated carbocycles. The Kier molecular flexibility index (Phi) is 7.44. The molecule has 26 heavy (non-hydrogen) atoms. The average Bonchev–Trinajstić information content (AvgIpc) is 2.61. The number of hydrazone groups is 1. The first-order valence-electron chi connectivity index (χ1n) is 7.82. The van der Waals surface area contributed by atoms with Crippen LogP contribution in [0.15, 0.2) is 47.6 Å². The zero-order chi connectivity index (χ0) is 18.9. The maximum Gasteiger partial charge on any atom is 0.329 e. The minimum Gasteiger partial charge on any atom is -0.493 e. The van der Waals surface area contributed by atoms with Crippen molar-refractivity contribution in [3.8, 4) is 5.75 Å². The van der Waals surface area contributed by atoms with Gasteiger partial charge in [-0.2, -0.15) is 5.10 Å². The number of hydrogen-bond donors (Lipinski definition) is 2. The van der Waals surface area contributed by atoms with E-state index in [2.05, 4.69) is 15.8 Å². The summed E-state index contributed by atoms with van der Waals surface area (Å²) in [6, 6.07) is 11.5. The van der Waals surface area contributed by atoms with Crippen LogP contribution in [0.1, 0.15) is 18.9 Å². The maximum atomic E-state index is 11.8. The van der Waals surface area contributed by atoms with Crippen molar-refractivity contribution in [3.63, 3.8) is 0 Å². The quantitative estimate of drug-likeness (QED) is 0.444. The second-order valence-corrected chi connectivity index (χ2v) is 6.07. The van der Waals surface area contributed by atoms with Gasteiger partial charge in [0.25, 0.3) is 0 Å². The van der Waals surface area contributed by atoms with Crippen LogP contribution in [-0.2, 0) is 9.59 Å². The van der Waals surface area contributed by atoms with E-state index in [0.717, 1.165) is 6.42 Å². The van der Waals surface area contributed by atoms with Gasteiger partial charge < -0.3 is 10.1 Å². The van der Waals surface area contributed by atoms with Crippen LogP contribution >= 0.6 is 23.2 Å². The van der Waals surface area contributed by atoms with Gasteiger partial charge in [-0.05, 0) is 42.8 Å². The highest BCUT2D eigenvalue weighted by Crippen LogP contribution is 2.21. The molecule has 0 aromatic heterocycles. The molecular formula is C18H17Cl2N3O3. The number of benzene rings is 2. The van der Waals surface area contributed by atoms with E-state index in [1.807, 2.05) is 6.92 Å². The van der Waals surface area contributed by atoms with Crippen LogP contribution in [0.4, 0.5) is 5.69 Å². The highest BCUT2D eigenvalue weighted by Gasteiger charge is 2.13. The van der Waals surface area contributed by atoms with Gasteiger partial charge in [-0.25, -0.2) is 5.43 Å². The van der Waals surface area contributed by atoms with Crippen molar-refractivity contribution in [2.45, 2.75) is 13.3 Å². The molecule has 0 heterocycles. The second kappa shape index (κ2) is 9.79. The number of nitrogens with one attached hydrogen (secondary N) is 2. The van der Waals surface area contributed by atoms with Gasteiger partial charge in [-0.15, -0.1) is 0 Å². The van der Waals surface area contributed by atoms with Gasteiger partial charge in [0.15, 0.2) is 0 Å². The van der Waals surface area contributed by atoms with E-state index in [9.17, 15) is 9.59 Å². The number of halogens is 2. The van der Waals surface area contributed by atoms with Gasteiger partial charge >= 0.3 is 11.8 Å². The predicted molar refractivity (Wildman–Crippen MR) is 103 cm³/mol. The highest BCUT2D eigenvalue weighted by molar-refractivity contribution is 6.39. The SMILES string of the molecule is CCCOc1ccc(Cl)cc1/C=N\NC(=O)C(=O)Nc1cccc(Cl)c1. The summed E-state index contributed by atoms with van der Waals surface area (Å²) in [5.41, 5.74) is 3.15. The summed E-state index contributed by atoms with van der Waals surface area (Å²) in [6.07, 6.45) is 2.21. The van der Waals surface area contributed by atoms with Crippen molar-refractivity contribution in [2.75, 3.05) is 11.9 Å². The zero-order valence-corrected chi connectivity index (χ0v) is 15.5. The summed E-state index contributed by atoms with van der Waals surface area (Å²) in [5, 5.41) is 7.15. The first kappa shape index (κ1) is 19.8. The number of carbonyl (C=O) groups is 2. The van der Waals surface area contributed by atoms with E-state index in [4.69, 9.17) is 27.9 Å². The van der Waals surface area contributed by atoms with Crippen molar-refractivity contribution in [1.82, 2.24) is 5.43 Å². The van der Waals surface area contributed by atoms with Crippen molar-refractivity contribution in [2.24, 2.45) is 5.10 Å². The highest BCUT2D eigenvalue weighted by atomic mass is 35.5. The molecule has 2 rings (SSSR count). The molecular weight excluding hydrogens is 377 g/mol. The number of amides is 2. The molecule has 0 atom stereocenters. The van der Waals surface area contributed by atoms with Crippen molar-refractivity contribution >= 4 is 46.9 Å². The van der Waals surface area contributed by atoms with Crippen LogP contribution in [0.2, 0.25) is 10.0 Å². The monoisotopic (exact) mass is 393 g/mol. The molecule has 0 aliphatic heterocycles. The number of nitrogens with zero attached hydrogens (tertiary/aromatic N) is 1. The lowest BCUT2D eigenvalue weighted by molar-refractivity contribution is -0.136. The first-order valence-corrected chi connectivity index (χ1v) is 8.57. The number of anilines is 1. The second-order valence-electron chi connectivity index (χ2n) is 5.19. The lowest BCUT2D eigenvalue weighted by Gasteiger charge is -2.08. The molecule has 0 aliphatic rings. The lowest BCUT2D eigenvalue weighted by Crippen LogP contribution is -2.32. The third kappa shape index (κ3) is 6.06. The zero-order valence-electron chi connectivity index (χ0n) is 14.0. The Bertz CT molecular complexity index is 825. The van der Waals surface area contributed by atoms with Gasteiger partial charge in [0, 0.05) is 21.3 Å². The molecule has 6 nitrogen and oxygen atoms in total. The molecule has 2 amide bonds. The van der Waals surface area contributed by atoms with E-state index >= 15 is 0 Å². The Morgan fingerprint density at radius 3 is 2.62 bits per heavy atom. The molecule has 0 unspecified atom stereocenters. The van der Waals surface area contributed by atoms with Gasteiger partial charge in [0.05, 0.1) is 12.8 Å². The first-order chi connectivity index (χ1) is 12.5. The molecule has 0 saturated heterocycles. The summed E-state index contributed by atoms with van der Waals surface area (Å²) in [5.74, 6) is -1.20. The Morgan fingerprint density at radius 2 is 1.88 bits per heavy atom. The van der Waals surface area contributed by atoms with E-state index in [-0.39, 0.29) is 0 Å². The molecule has 8 heteroatoms. The summed E-state index contributed by atoms with van der Waals surface area (Å²) >= 11 is 11.8. The molecule has 2 N–H and O–H groups in total. The Balaban J connectivity index is 1.98. The molecule has 2 aromatic rings. The molecule has 0 fully saturated rings. The number of hydrogen-bond acceptors (Lipinski definition) is 4. The Hall–Kier alpha value is -2.57. The van der Waals surface area contributed by atoms with Crippen LogP contribution in [0.25, 0.3) is 0 Å². The summed E-state index contributed by atoms with van der Waals surface area (Å²) in [4.78, 5) is 23.7. The minimum atomic E-state index is -0.917. The smallest absolute Gasteiger partial charge is 0.329 e. The van der Waals surface area contributed by atoms with Gasteiger partial charge in [-0.3, -0.25) is 9.59 Å². The fraction of sp³-hybridized carbons (Fsp3) is 0.167. The molecule has 0 bridgehead atoms. The molecule has 136 valence electrons. The molecule has 2 aromatic carbocycles. The predicted octanol–water partition coefficient (Wildman–Crippen LogP) is 3.87. The normalized spacial score (nSPS) is 10.6. The maximum absolute atomic E-state index is 11.8. The van der Waals surface area contributed by atoms with Crippen LogP contribution in [-0.4, -0.2) is 24.6 Å². The van der Waals surface area contributed by atoms with Crippen LogP contribution in [0.5, 0.6) is 5.75 Å². The van der Waals surface area contributed by atoms with Gasteiger partial charge in [0.1, 0.15) is 5.75 Å². The Labute approximate surface area is 161 Å². The Morgan fingerprint density at radius 1 is 1.12 bits per heavy atom. The third-order valence-electron chi connectivity index (χ3n) is 3.09. The number of carbonyl (C=O) groups excluding carboxylic acids is 2. The van der Waals surface area contributed by atoms with E-state index in [1.54, 1.807) is 36.4 Å². The third-order valence-corrected chi connectivity index (χ3v) is 3.56. The average molecular weight is 394 g/mol. The summed E-state index contributed by atoms with van der Waals surface area (Å²) < 4.78 is 5.58. The standard InChI is InChI=1S/C18H17Cl2N3O3/c1-2-8-26-16-7-6-14(20)9-12(16)11-21-23-18(25)17(24)22-15-5-3-4-13(19)10-15/h3-7,9-11H,2,8H2,1H3,(H,22,24)(H,23,25)/b21-11-. The van der Waals surface area contributed by atoms with E-state index < -0.39 is 11.8 Å². The van der Waals surface area contributed by atoms with E-state index in [1.165, 1.54) is 12.3 Å². The largest absolute Gasteiger partial charge is 0.493 e. The van der Waals surface area contributed by atoms with Crippen molar-refractivity contribution in [3.05, 3.63) is 58.1 Å². The minimum absolute atomic E-state index is 0.409. The summed E-state index contributed by atoms with van der Waals surface area (Å²) in [7, 11) is 0. The van der Waals surface area contributed by atoms with Gasteiger partial charge in [0.2, 0.25) is 0 Å². The van der Waals surface area contributed by atoms with Crippen LogP contribution in [0.3, 0.4) is 0 Å². The van der Waals surface area contributed by atoms with Crippen LogP contribution < -0.4 is 15.5 Å². The number of ether oxygens (including phenoxy) is 1. The van der Waals surface area contributed by atoms with Crippen LogP contribution in [0, 0.1) is 0 Å². The van der Waals surface area contributed by atoms with Crippen molar-refractivity contribution in [1.29, 1.82) is 0 Å². The topological polar surface area (TPSA) is 79.8 Å². The fourth-order valence-corrected chi connectivity index (χ4v) is 2.30. The molecule has 0 aliphatic carbocycles. The van der Waals surface area contributed by atoms with Gasteiger partial charge in [-0.1, -0.05) is 36.2 Å². The van der Waals surface area contributed by atoms with Crippen molar-refractivity contribution < 1.29 is 14.3 Å².